The average molecular weight is 417 g/mol. The number of benzene rings is 3. The third-order valence-electron chi connectivity index (χ3n) is 4.41. The number of hydrogen-bond acceptors (Lipinski definition) is 6. The van der Waals surface area contributed by atoms with Gasteiger partial charge in [-0.25, -0.2) is 0 Å². The Bertz CT molecular complexity index is 1250. The zero-order valence-corrected chi connectivity index (χ0v) is 16.6. The van der Waals surface area contributed by atoms with Crippen molar-refractivity contribution in [3.63, 3.8) is 0 Å². The van der Waals surface area contributed by atoms with Crippen LogP contribution in [0.1, 0.15) is 0 Å². The predicted molar refractivity (Wildman–Crippen MR) is 117 cm³/mol. The van der Waals surface area contributed by atoms with Crippen LogP contribution >= 0.6 is 11.7 Å². The van der Waals surface area contributed by atoms with Crippen molar-refractivity contribution in [2.24, 2.45) is 5.11 Å². The van der Waals surface area contributed by atoms with Gasteiger partial charge in [-0.3, -0.25) is 15.1 Å². The van der Waals surface area contributed by atoms with Crippen molar-refractivity contribution >= 4 is 40.2 Å². The molecule has 0 spiro atoms. The molecule has 0 unspecified atom stereocenters. The highest BCUT2D eigenvalue weighted by atomic mass is 32.1. The van der Waals surface area contributed by atoms with Gasteiger partial charge in [0.1, 0.15) is 11.0 Å². The van der Waals surface area contributed by atoms with E-state index < -0.39 is 6.03 Å². The van der Waals surface area contributed by atoms with Crippen molar-refractivity contribution in [3.8, 4) is 22.3 Å². The standard InChI is InChI=1S/C20H15N7O2S/c1-29-24-15-8-4-13(5-9-15)17-11-10-16(18-19(17)26-30-25-18)12-2-6-14(7-3-12)22-20(28)23-27-21/h2-11,24H,1H3,(H,22,28). The molecule has 0 aliphatic rings. The summed E-state index contributed by atoms with van der Waals surface area (Å²) in [6, 6.07) is 18.3. The van der Waals surface area contributed by atoms with Crippen molar-refractivity contribution in [1.82, 2.24) is 8.75 Å². The third-order valence-corrected chi connectivity index (χ3v) is 4.94. The molecule has 2 amide bonds. The van der Waals surface area contributed by atoms with Gasteiger partial charge in [0.05, 0.1) is 24.5 Å². The summed E-state index contributed by atoms with van der Waals surface area (Å²) in [4.78, 5) is 18.8. The molecule has 3 aromatic carbocycles. The molecule has 4 aromatic rings. The summed E-state index contributed by atoms with van der Waals surface area (Å²) in [6.45, 7) is 0. The summed E-state index contributed by atoms with van der Waals surface area (Å²) in [6.07, 6.45) is 0. The summed E-state index contributed by atoms with van der Waals surface area (Å²) >= 11 is 1.16. The van der Waals surface area contributed by atoms with E-state index in [0.717, 1.165) is 50.7 Å². The Morgan fingerprint density at radius 2 is 1.47 bits per heavy atom. The first-order chi connectivity index (χ1) is 14.7. The summed E-state index contributed by atoms with van der Waals surface area (Å²) in [7, 11) is 1.57. The third kappa shape index (κ3) is 3.91. The lowest BCUT2D eigenvalue weighted by Crippen LogP contribution is -2.04. The molecule has 0 aliphatic heterocycles. The number of azide groups is 1. The number of aromatic nitrogens is 2. The Kier molecular flexibility index (Phi) is 5.53. The minimum atomic E-state index is -0.757. The normalized spacial score (nSPS) is 10.4. The number of nitrogens with one attached hydrogen (secondary N) is 2. The second-order valence-corrected chi connectivity index (χ2v) is 6.73. The Morgan fingerprint density at radius 3 is 1.97 bits per heavy atom. The smallest absolute Gasteiger partial charge is 0.312 e. The highest BCUT2D eigenvalue weighted by molar-refractivity contribution is 7.00. The molecule has 0 aliphatic carbocycles. The van der Waals surface area contributed by atoms with Crippen LogP contribution in [0.5, 0.6) is 0 Å². The molecule has 0 atom stereocenters. The fourth-order valence-corrected chi connectivity index (χ4v) is 3.66. The Hall–Kier alpha value is -3.98. The molecule has 2 N–H and O–H groups in total. The van der Waals surface area contributed by atoms with E-state index in [1.807, 2.05) is 48.5 Å². The molecular formula is C20H15N7O2S. The van der Waals surface area contributed by atoms with E-state index in [1.165, 1.54) is 0 Å². The highest BCUT2D eigenvalue weighted by Crippen LogP contribution is 2.35. The number of nitrogens with zero attached hydrogens (tertiary/aromatic N) is 5. The lowest BCUT2D eigenvalue weighted by Gasteiger charge is -2.09. The van der Waals surface area contributed by atoms with Gasteiger partial charge in [0, 0.05) is 26.8 Å². The van der Waals surface area contributed by atoms with Gasteiger partial charge in [0.2, 0.25) is 0 Å². The molecule has 9 nitrogen and oxygen atoms in total. The van der Waals surface area contributed by atoms with E-state index in [4.69, 9.17) is 10.4 Å². The van der Waals surface area contributed by atoms with Crippen molar-refractivity contribution in [3.05, 3.63) is 71.1 Å². The SMILES string of the molecule is CONc1ccc(-c2ccc(-c3ccc(NC(=O)N=[N+]=[N-])cc3)c3nsnc23)cc1. The first-order valence-corrected chi connectivity index (χ1v) is 9.54. The molecule has 0 saturated heterocycles. The number of amides is 2. The van der Waals surface area contributed by atoms with E-state index in [9.17, 15) is 4.79 Å². The quantitative estimate of drug-likeness (QED) is 0.183. The van der Waals surface area contributed by atoms with Gasteiger partial charge >= 0.3 is 6.03 Å². The highest BCUT2D eigenvalue weighted by Gasteiger charge is 2.13. The maximum atomic E-state index is 11.4. The molecule has 0 saturated carbocycles. The summed E-state index contributed by atoms with van der Waals surface area (Å²) in [5.74, 6) is 0. The van der Waals surface area contributed by atoms with Crippen LogP contribution in [0.4, 0.5) is 16.2 Å². The van der Waals surface area contributed by atoms with Gasteiger partial charge in [-0.15, -0.1) is 0 Å². The van der Waals surface area contributed by atoms with Gasteiger partial charge in [-0.1, -0.05) is 36.4 Å². The van der Waals surface area contributed by atoms with Crippen molar-refractivity contribution in [1.29, 1.82) is 0 Å². The Morgan fingerprint density at radius 1 is 0.933 bits per heavy atom. The minimum absolute atomic E-state index is 0.533. The van der Waals surface area contributed by atoms with Crippen LogP contribution in [0, 0.1) is 0 Å². The van der Waals surface area contributed by atoms with Crippen LogP contribution in [-0.4, -0.2) is 21.9 Å². The van der Waals surface area contributed by atoms with E-state index >= 15 is 0 Å². The van der Waals surface area contributed by atoms with E-state index in [2.05, 4.69) is 29.6 Å². The van der Waals surface area contributed by atoms with Crippen LogP contribution in [0.3, 0.4) is 0 Å². The van der Waals surface area contributed by atoms with Crippen LogP contribution in [-0.2, 0) is 4.84 Å². The van der Waals surface area contributed by atoms with Gasteiger partial charge in [-0.05, 0) is 40.9 Å². The first kappa shape index (κ1) is 19.3. The molecule has 0 radical (unpaired) electrons. The van der Waals surface area contributed by atoms with Crippen LogP contribution in [0.15, 0.2) is 65.8 Å². The molecule has 30 heavy (non-hydrogen) atoms. The lowest BCUT2D eigenvalue weighted by atomic mass is 9.97. The second kappa shape index (κ2) is 8.58. The molecule has 1 heterocycles. The van der Waals surface area contributed by atoms with E-state index in [1.54, 1.807) is 19.2 Å². The molecule has 148 valence electrons. The number of carbonyl (C=O) groups excluding carboxylic acids is 1. The summed E-state index contributed by atoms with van der Waals surface area (Å²) < 4.78 is 9.00. The number of hydrogen-bond donors (Lipinski definition) is 2. The zero-order chi connectivity index (χ0) is 20.9. The average Bonchev–Trinajstić information content (AvgIpc) is 3.25. The van der Waals surface area contributed by atoms with E-state index in [0.29, 0.717) is 5.69 Å². The fraction of sp³-hybridized carbons (Fsp3) is 0.0500. The van der Waals surface area contributed by atoms with Gasteiger partial charge < -0.3 is 5.32 Å². The van der Waals surface area contributed by atoms with Gasteiger partial charge in [0.25, 0.3) is 0 Å². The maximum absolute atomic E-state index is 11.4. The first-order valence-electron chi connectivity index (χ1n) is 8.81. The Labute approximate surface area is 175 Å². The second-order valence-electron chi connectivity index (χ2n) is 6.20. The summed E-state index contributed by atoms with van der Waals surface area (Å²) in [5, 5.41) is 5.49. The van der Waals surface area contributed by atoms with E-state index in [-0.39, 0.29) is 0 Å². The summed E-state index contributed by atoms with van der Waals surface area (Å²) in [5.41, 5.74) is 18.0. The number of carbonyl (C=O) groups is 1. The van der Waals surface area contributed by atoms with Gasteiger partial charge in [0.15, 0.2) is 0 Å². The molecule has 0 fully saturated rings. The number of anilines is 2. The maximum Gasteiger partial charge on any atom is 0.312 e. The largest absolute Gasteiger partial charge is 0.321 e. The number of fused-ring (bicyclic) bond motifs is 1. The predicted octanol–water partition coefficient (Wildman–Crippen LogP) is 5.84. The van der Waals surface area contributed by atoms with Crippen LogP contribution < -0.4 is 10.8 Å². The molecule has 4 rings (SSSR count). The monoisotopic (exact) mass is 417 g/mol. The number of urea groups is 1. The van der Waals surface area contributed by atoms with Gasteiger partial charge in [-0.2, -0.15) is 8.75 Å². The lowest BCUT2D eigenvalue weighted by molar-refractivity contribution is 0.259. The zero-order valence-electron chi connectivity index (χ0n) is 15.7. The number of rotatable bonds is 5. The molecule has 10 heteroatoms. The molecular weight excluding hydrogens is 402 g/mol. The fourth-order valence-electron chi connectivity index (χ4n) is 3.09. The van der Waals surface area contributed by atoms with Crippen molar-refractivity contribution in [2.45, 2.75) is 0 Å². The van der Waals surface area contributed by atoms with Crippen molar-refractivity contribution < 1.29 is 9.63 Å². The molecule has 0 bridgehead atoms. The minimum Gasteiger partial charge on any atom is -0.321 e. The van der Waals surface area contributed by atoms with Crippen LogP contribution in [0.25, 0.3) is 43.7 Å². The van der Waals surface area contributed by atoms with Crippen LogP contribution in [0.2, 0.25) is 0 Å². The molecule has 1 aromatic heterocycles. The Balaban J connectivity index is 1.67. The topological polar surface area (TPSA) is 125 Å². The van der Waals surface area contributed by atoms with Crippen molar-refractivity contribution in [2.75, 3.05) is 17.9 Å².